The van der Waals surface area contributed by atoms with Gasteiger partial charge in [-0.3, -0.25) is 9.80 Å². The topological polar surface area (TPSA) is 35.2 Å². The van der Waals surface area contributed by atoms with E-state index < -0.39 is 0 Å². The summed E-state index contributed by atoms with van der Waals surface area (Å²) in [6.45, 7) is 56.4. The molecular weight excluding hydrogens is 765 g/mol. The van der Waals surface area contributed by atoms with E-state index in [0.717, 1.165) is 68.5 Å². The van der Waals surface area contributed by atoms with Crippen LogP contribution in [0.15, 0.2) is 0 Å². The van der Waals surface area contributed by atoms with Crippen LogP contribution in [0, 0.1) is 5.92 Å². The largest absolute Gasteiger partial charge is 0.379 e. The molecule has 7 aliphatic rings. The second-order valence-electron chi connectivity index (χ2n) is 21.7. The Morgan fingerprint density at radius 3 is 0.774 bits per heavy atom. The molecule has 7 saturated heterocycles. The number of hydrogen-bond donors (Lipinski definition) is 0. The number of nitrogens with zero attached hydrogens (tertiary/aromatic N) is 8. The third kappa shape index (κ3) is 28.6. The van der Waals surface area contributed by atoms with Gasteiger partial charge in [0, 0.05) is 81.6 Å². The number of piperidine rings is 3. The van der Waals surface area contributed by atoms with E-state index in [0.29, 0.717) is 6.04 Å². The predicted molar refractivity (Wildman–Crippen MR) is 275 cm³/mol. The molecule has 0 aromatic carbocycles. The van der Waals surface area contributed by atoms with E-state index in [1.165, 1.54) is 162 Å². The third-order valence-electron chi connectivity index (χ3n) is 14.3. The Morgan fingerprint density at radius 1 is 0.290 bits per heavy atom. The molecule has 372 valence electrons. The summed E-state index contributed by atoms with van der Waals surface area (Å²) >= 11 is 0. The van der Waals surface area contributed by atoms with E-state index in [9.17, 15) is 0 Å². The molecule has 0 bridgehead atoms. The Morgan fingerprint density at radius 2 is 0.532 bits per heavy atom. The lowest BCUT2D eigenvalue weighted by Gasteiger charge is -2.34. The number of likely N-dealkylation sites (tertiary alicyclic amines) is 5. The Balaban J connectivity index is 0.000000363. The zero-order chi connectivity index (χ0) is 46.5. The standard InChI is InChI=1S/C9H19N.C8H18N2.2C8H17N.C7H15NO.C7H15N.C6H13N/c2*1-8(2)10-6-4-9(3)5-7-10;2*1-8(2)9-6-4-3-5-7-9;1-7(2)8-3-5-9-6-4-8;1-7(2)8-5-3-4-6-8;1-6(2)7-4-3-5-7/h8-9H,4-7H2,1-3H3;8H,4-7H2,1-3H3;2*8H,3-7H2,1-2H3;7H,3-6H2,1-2H3;7H,3-6H2,1-2H3;6H,3-5H2,1-2H3. The maximum atomic E-state index is 5.21. The highest BCUT2D eigenvalue weighted by molar-refractivity contribution is 4.74. The minimum Gasteiger partial charge on any atom is -0.379 e. The van der Waals surface area contributed by atoms with Gasteiger partial charge in [-0.05, 0) is 233 Å². The van der Waals surface area contributed by atoms with Gasteiger partial charge in [0.1, 0.15) is 0 Å². The SMILES string of the molecule is CC(C)N1CCC1.CC(C)N1CCCC1.CC(C)N1CCCCC1.CC(C)N1CCCCC1.CC(C)N1CCN(C)CC1.CC(C)N1CCOCC1.CC1CCN(C(C)C)CC1. The van der Waals surface area contributed by atoms with Crippen molar-refractivity contribution >= 4 is 0 Å². The van der Waals surface area contributed by atoms with Gasteiger partial charge in [0.15, 0.2) is 0 Å². The van der Waals surface area contributed by atoms with Crippen molar-refractivity contribution < 1.29 is 4.74 Å². The van der Waals surface area contributed by atoms with E-state index >= 15 is 0 Å². The maximum Gasteiger partial charge on any atom is 0.0594 e. The molecule has 0 amide bonds. The van der Waals surface area contributed by atoms with E-state index in [2.05, 4.69) is 150 Å². The fourth-order valence-electron chi connectivity index (χ4n) is 8.96. The molecule has 0 unspecified atom stereocenters. The molecule has 0 saturated carbocycles. The van der Waals surface area contributed by atoms with Crippen molar-refractivity contribution in [2.75, 3.05) is 125 Å². The van der Waals surface area contributed by atoms with Crippen LogP contribution in [0.3, 0.4) is 0 Å². The molecule has 0 atom stereocenters. The lowest BCUT2D eigenvalue weighted by atomic mass is 9.98. The second kappa shape index (κ2) is 35.8. The van der Waals surface area contributed by atoms with E-state index in [1.54, 1.807) is 0 Å². The third-order valence-corrected chi connectivity index (χ3v) is 14.3. The van der Waals surface area contributed by atoms with Crippen LogP contribution in [0.25, 0.3) is 0 Å². The van der Waals surface area contributed by atoms with Gasteiger partial charge in [-0.15, -0.1) is 0 Å². The van der Waals surface area contributed by atoms with Crippen LogP contribution < -0.4 is 0 Å². The van der Waals surface area contributed by atoms with Crippen molar-refractivity contribution in [1.29, 1.82) is 0 Å². The lowest BCUT2D eigenvalue weighted by molar-refractivity contribution is 0.0238. The van der Waals surface area contributed by atoms with Gasteiger partial charge < -0.3 is 34.1 Å². The Bertz CT molecular complexity index is 886. The van der Waals surface area contributed by atoms with E-state index in [-0.39, 0.29) is 0 Å². The minimum atomic E-state index is 0.689. The summed E-state index contributed by atoms with van der Waals surface area (Å²) < 4.78 is 5.21. The number of rotatable bonds is 7. The summed E-state index contributed by atoms with van der Waals surface area (Å²) in [5.74, 6) is 0.968. The average molecular weight is 880 g/mol. The predicted octanol–water partition coefficient (Wildman–Crippen LogP) is 9.85. The Kier molecular flexibility index (Phi) is 34.4. The van der Waals surface area contributed by atoms with Gasteiger partial charge >= 0.3 is 0 Å². The lowest BCUT2D eigenvalue weighted by Crippen LogP contribution is -2.47. The normalized spacial score (nSPS) is 23.3. The average Bonchev–Trinajstić information content (AvgIpc) is 3.79. The van der Waals surface area contributed by atoms with Gasteiger partial charge in [-0.2, -0.15) is 0 Å². The molecule has 0 radical (unpaired) electrons. The zero-order valence-corrected chi connectivity index (χ0v) is 45.1. The number of morpholine rings is 1. The van der Waals surface area contributed by atoms with Gasteiger partial charge in [0.05, 0.1) is 13.2 Å². The Labute approximate surface area is 390 Å². The van der Waals surface area contributed by atoms with Crippen molar-refractivity contribution in [1.82, 2.24) is 39.2 Å². The van der Waals surface area contributed by atoms with Gasteiger partial charge in [-0.25, -0.2) is 0 Å². The molecule has 0 aromatic rings. The maximum absolute atomic E-state index is 5.21. The first kappa shape index (κ1) is 59.7. The quantitative estimate of drug-likeness (QED) is 0.249. The summed E-state index contributed by atoms with van der Waals surface area (Å²) in [7, 11) is 2.19. The molecular formula is C53H114N8O. The minimum absolute atomic E-state index is 0.689. The van der Waals surface area contributed by atoms with Gasteiger partial charge in [0.25, 0.3) is 0 Å². The highest BCUT2D eigenvalue weighted by Crippen LogP contribution is 2.17. The molecule has 9 nitrogen and oxygen atoms in total. The van der Waals surface area contributed by atoms with Crippen LogP contribution in [-0.2, 0) is 4.74 Å². The van der Waals surface area contributed by atoms with Crippen molar-refractivity contribution in [3.63, 3.8) is 0 Å². The van der Waals surface area contributed by atoms with Crippen LogP contribution in [-0.4, -0.2) is 206 Å². The summed E-state index contributed by atoms with van der Waals surface area (Å²) in [6, 6.07) is 5.27. The van der Waals surface area contributed by atoms with Crippen molar-refractivity contribution in [3.8, 4) is 0 Å². The first-order valence-corrected chi connectivity index (χ1v) is 26.9. The highest BCUT2D eigenvalue weighted by Gasteiger charge is 2.19. The molecule has 9 heteroatoms. The molecule has 62 heavy (non-hydrogen) atoms. The Hall–Kier alpha value is -0.360. The fraction of sp³-hybridized carbons (Fsp3) is 1.00. The van der Waals surface area contributed by atoms with Crippen LogP contribution in [0.2, 0.25) is 0 Å². The van der Waals surface area contributed by atoms with Crippen molar-refractivity contribution in [2.24, 2.45) is 5.92 Å². The molecule has 7 aliphatic heterocycles. The fourth-order valence-corrected chi connectivity index (χ4v) is 8.96. The molecule has 7 rings (SSSR count). The second-order valence-corrected chi connectivity index (χ2v) is 21.7. The van der Waals surface area contributed by atoms with Crippen molar-refractivity contribution in [3.05, 3.63) is 0 Å². The number of hydrogen-bond acceptors (Lipinski definition) is 9. The molecule has 7 heterocycles. The first-order chi connectivity index (χ1) is 29.4. The number of ether oxygens (including phenoxy) is 1. The molecule has 0 aromatic heterocycles. The van der Waals surface area contributed by atoms with E-state index in [4.69, 9.17) is 4.74 Å². The van der Waals surface area contributed by atoms with Crippen LogP contribution in [0.5, 0.6) is 0 Å². The van der Waals surface area contributed by atoms with Crippen LogP contribution in [0.4, 0.5) is 0 Å². The molecule has 0 aliphatic carbocycles. The highest BCUT2D eigenvalue weighted by atomic mass is 16.5. The van der Waals surface area contributed by atoms with Crippen molar-refractivity contribution in [2.45, 2.75) is 217 Å². The summed E-state index contributed by atoms with van der Waals surface area (Å²) in [4.78, 5) is 20.0. The molecule has 7 fully saturated rings. The number of piperazine rings is 1. The van der Waals surface area contributed by atoms with Crippen LogP contribution >= 0.6 is 0 Å². The monoisotopic (exact) mass is 879 g/mol. The van der Waals surface area contributed by atoms with Gasteiger partial charge in [0.2, 0.25) is 0 Å². The van der Waals surface area contributed by atoms with Gasteiger partial charge in [-0.1, -0.05) is 19.8 Å². The van der Waals surface area contributed by atoms with Crippen LogP contribution in [0.1, 0.15) is 174 Å². The molecule has 0 N–H and O–H groups in total. The zero-order valence-electron chi connectivity index (χ0n) is 45.1. The smallest absolute Gasteiger partial charge is 0.0594 e. The summed E-state index contributed by atoms with van der Waals surface area (Å²) in [5.41, 5.74) is 0. The van der Waals surface area contributed by atoms with E-state index in [1.807, 2.05) is 0 Å². The summed E-state index contributed by atoms with van der Waals surface area (Å²) in [6.07, 6.45) is 15.6. The first-order valence-electron chi connectivity index (χ1n) is 26.9. The summed E-state index contributed by atoms with van der Waals surface area (Å²) in [5, 5.41) is 0. The molecule has 0 spiro atoms. The number of likely N-dealkylation sites (N-methyl/N-ethyl adjacent to an activating group) is 1.